The summed E-state index contributed by atoms with van der Waals surface area (Å²) in [6.07, 6.45) is 6.58. The van der Waals surface area contributed by atoms with E-state index in [-0.39, 0.29) is 50.8 Å². The Kier molecular flexibility index (Phi) is 5.67. The van der Waals surface area contributed by atoms with E-state index < -0.39 is 11.4 Å². The third kappa shape index (κ3) is 3.78. The quantitative estimate of drug-likeness (QED) is 0.223. The van der Waals surface area contributed by atoms with Gasteiger partial charge in [-0.15, -0.1) is 0 Å². The van der Waals surface area contributed by atoms with Crippen molar-refractivity contribution >= 4 is 51.5 Å². The van der Waals surface area contributed by atoms with Crippen molar-refractivity contribution in [2.45, 2.75) is 68.7 Å². The van der Waals surface area contributed by atoms with Crippen LogP contribution >= 0.6 is 23.2 Å². The number of hydrogen-bond donors (Lipinski definition) is 2. The number of piperidine rings is 2. The molecular formula is C30H29Cl2FN4O4. The van der Waals surface area contributed by atoms with E-state index in [0.29, 0.717) is 34.6 Å². The molecular weight excluding hydrogens is 570 g/mol. The predicted octanol–water partition coefficient (Wildman–Crippen LogP) is 6.20. The van der Waals surface area contributed by atoms with E-state index in [2.05, 4.69) is 26.8 Å². The van der Waals surface area contributed by atoms with Crippen LogP contribution in [0.15, 0.2) is 43.2 Å². The Bertz CT molecular complexity index is 1620. The molecule has 3 saturated carbocycles. The highest BCUT2D eigenvalue weighted by molar-refractivity contribution is 6.42. The number of nitrogens with one attached hydrogen (secondary N) is 1. The minimum atomic E-state index is -0.896. The van der Waals surface area contributed by atoms with Gasteiger partial charge in [-0.1, -0.05) is 29.8 Å². The van der Waals surface area contributed by atoms with E-state index in [1.807, 2.05) is 0 Å². The number of fused-ring (bicyclic) bond motifs is 3. The molecule has 3 unspecified atom stereocenters. The van der Waals surface area contributed by atoms with Crippen LogP contribution in [0.5, 0.6) is 11.5 Å². The Morgan fingerprint density at radius 2 is 1.98 bits per heavy atom. The van der Waals surface area contributed by atoms with E-state index in [0.717, 1.165) is 25.7 Å². The first kappa shape index (κ1) is 26.7. The average Bonchev–Trinajstić information content (AvgIpc) is 3.71. The molecule has 8 nitrogen and oxygen atoms in total. The number of carbonyl (C=O) groups is 1. The zero-order chi connectivity index (χ0) is 28.9. The van der Waals surface area contributed by atoms with Crippen molar-refractivity contribution in [2.75, 3.05) is 11.9 Å². The summed E-state index contributed by atoms with van der Waals surface area (Å²) in [5, 5.41) is 13.7. The Morgan fingerprint density at radius 3 is 2.66 bits per heavy atom. The van der Waals surface area contributed by atoms with Gasteiger partial charge in [-0.05, 0) is 51.0 Å². The Morgan fingerprint density at radius 1 is 1.24 bits per heavy atom. The van der Waals surface area contributed by atoms with E-state index >= 15 is 0 Å². The fraction of sp³-hybridized carbons (Fsp3) is 0.433. The molecule has 3 heterocycles. The van der Waals surface area contributed by atoms with Crippen molar-refractivity contribution in [2.24, 2.45) is 5.41 Å². The van der Waals surface area contributed by atoms with Crippen LogP contribution < -0.4 is 14.8 Å². The molecule has 1 amide bonds. The zero-order valence-electron chi connectivity index (χ0n) is 22.6. The summed E-state index contributed by atoms with van der Waals surface area (Å²) in [4.78, 5) is 23.5. The molecule has 3 spiro atoms. The molecule has 2 aromatic carbocycles. The zero-order valence-corrected chi connectivity index (χ0v) is 24.2. The lowest BCUT2D eigenvalue weighted by Crippen LogP contribution is -2.66. The normalized spacial score (nSPS) is 28.7. The minimum Gasteiger partial charge on any atom is -0.490 e. The molecule has 41 heavy (non-hydrogen) atoms. The Labute approximate surface area is 246 Å². The number of anilines is 2. The Hall–Kier alpha value is -3.14. The van der Waals surface area contributed by atoms with Crippen molar-refractivity contribution in [3.8, 4) is 11.5 Å². The predicted molar refractivity (Wildman–Crippen MR) is 153 cm³/mol. The first-order valence-electron chi connectivity index (χ1n) is 13.6. The molecule has 5 aliphatic rings. The van der Waals surface area contributed by atoms with Gasteiger partial charge in [0.05, 0.1) is 44.5 Å². The molecule has 3 aliphatic carbocycles. The second-order valence-corrected chi connectivity index (χ2v) is 13.1. The molecule has 2 saturated heterocycles. The number of nitrogens with zero attached hydrogens (tertiary/aromatic N) is 3. The van der Waals surface area contributed by atoms with E-state index in [1.54, 1.807) is 26.0 Å². The molecule has 11 heteroatoms. The van der Waals surface area contributed by atoms with Crippen LogP contribution in [0.1, 0.15) is 46.0 Å². The van der Waals surface area contributed by atoms with Crippen molar-refractivity contribution in [3.63, 3.8) is 0 Å². The summed E-state index contributed by atoms with van der Waals surface area (Å²) in [6, 6.07) is 6.55. The number of hydrogen-bond acceptors (Lipinski definition) is 7. The number of ether oxygens (including phenoxy) is 2. The van der Waals surface area contributed by atoms with E-state index in [9.17, 15) is 14.3 Å². The van der Waals surface area contributed by atoms with Gasteiger partial charge in [0.1, 0.15) is 18.2 Å². The second-order valence-electron chi connectivity index (χ2n) is 12.3. The second kappa shape index (κ2) is 8.69. The molecule has 2 aliphatic heterocycles. The van der Waals surface area contributed by atoms with Gasteiger partial charge in [-0.2, -0.15) is 0 Å². The largest absolute Gasteiger partial charge is 0.490 e. The SMILES string of the molecule is C=CC(=O)N1C23CC(Oc4cc5c(Nc6ccc(Cl)c(Cl)c6F)ncnc5cc4OCCC(C)(C)O)C[C@@]14CC24C3. The molecule has 4 atom stereocenters. The third-order valence-electron chi connectivity index (χ3n) is 9.36. The maximum absolute atomic E-state index is 14.8. The van der Waals surface area contributed by atoms with Crippen LogP contribution in [-0.2, 0) is 4.79 Å². The molecule has 3 aromatic rings. The molecule has 0 radical (unpaired) electrons. The maximum Gasteiger partial charge on any atom is 0.246 e. The summed E-state index contributed by atoms with van der Waals surface area (Å²) < 4.78 is 27.6. The summed E-state index contributed by atoms with van der Waals surface area (Å²) in [7, 11) is 0. The molecule has 1 aromatic heterocycles. The topological polar surface area (TPSA) is 96.8 Å². The van der Waals surface area contributed by atoms with Crippen LogP contribution in [-0.4, -0.2) is 55.3 Å². The minimum absolute atomic E-state index is 0.00202. The van der Waals surface area contributed by atoms with Crippen molar-refractivity contribution in [1.82, 2.24) is 14.9 Å². The molecule has 5 fully saturated rings. The van der Waals surface area contributed by atoms with Crippen LogP contribution in [0.25, 0.3) is 10.9 Å². The van der Waals surface area contributed by atoms with Gasteiger partial charge in [0, 0.05) is 36.1 Å². The Balaban J connectivity index is 1.21. The van der Waals surface area contributed by atoms with Crippen LogP contribution in [0.4, 0.5) is 15.9 Å². The van der Waals surface area contributed by atoms with Gasteiger partial charge < -0.3 is 24.8 Å². The lowest BCUT2D eigenvalue weighted by atomic mass is 9.77. The van der Waals surface area contributed by atoms with E-state index in [4.69, 9.17) is 32.7 Å². The van der Waals surface area contributed by atoms with Gasteiger partial charge in [0.2, 0.25) is 5.91 Å². The number of amides is 1. The van der Waals surface area contributed by atoms with Crippen molar-refractivity contribution in [1.29, 1.82) is 0 Å². The number of aliphatic hydroxyl groups is 1. The van der Waals surface area contributed by atoms with Gasteiger partial charge in [-0.25, -0.2) is 14.4 Å². The van der Waals surface area contributed by atoms with Gasteiger partial charge in [0.15, 0.2) is 17.3 Å². The average molecular weight is 599 g/mol. The third-order valence-corrected chi connectivity index (χ3v) is 10.1. The standard InChI is InChI=1S/C30H29Cl2FN4O4/c1-4-23(38)37-29-11-16(12-30(37)14-28(29,30)13-29)41-22-9-17-20(10-21(22)40-8-7-27(2,3)39)34-15-35-26(17)36-19-6-5-18(31)24(32)25(19)33/h4-6,9-10,15-16,39H,1,7-8,11-14H2,2-3H3,(H,34,35,36)/t16?,28?,29-,30?/m0/s1. The highest BCUT2D eigenvalue weighted by Gasteiger charge is 3.03. The van der Waals surface area contributed by atoms with Crippen LogP contribution in [0, 0.1) is 11.2 Å². The highest BCUT2D eigenvalue weighted by Crippen LogP contribution is 2.96. The van der Waals surface area contributed by atoms with Crippen LogP contribution in [0.2, 0.25) is 10.0 Å². The van der Waals surface area contributed by atoms with E-state index in [1.165, 1.54) is 24.5 Å². The number of halogens is 3. The first-order chi connectivity index (χ1) is 19.4. The van der Waals surface area contributed by atoms with Gasteiger partial charge in [-0.3, -0.25) is 4.79 Å². The fourth-order valence-corrected chi connectivity index (χ4v) is 7.84. The monoisotopic (exact) mass is 598 g/mol. The first-order valence-corrected chi connectivity index (χ1v) is 14.4. The summed E-state index contributed by atoms with van der Waals surface area (Å²) >= 11 is 12.0. The fourth-order valence-electron chi connectivity index (χ4n) is 7.53. The smallest absolute Gasteiger partial charge is 0.246 e. The van der Waals surface area contributed by atoms with Crippen molar-refractivity contribution in [3.05, 3.63) is 59.1 Å². The number of carbonyl (C=O) groups excluding carboxylic acids is 1. The number of benzene rings is 2. The van der Waals surface area contributed by atoms with Crippen molar-refractivity contribution < 1.29 is 23.8 Å². The van der Waals surface area contributed by atoms with Gasteiger partial charge >= 0.3 is 0 Å². The molecule has 2 N–H and O–H groups in total. The summed E-state index contributed by atoms with van der Waals surface area (Å²) in [5.74, 6) is 0.643. The molecule has 2 bridgehead atoms. The van der Waals surface area contributed by atoms with Crippen LogP contribution in [0.3, 0.4) is 0 Å². The molecule has 8 rings (SSSR count). The lowest BCUT2D eigenvalue weighted by molar-refractivity contribution is -0.151. The number of aromatic nitrogens is 2. The lowest BCUT2D eigenvalue weighted by Gasteiger charge is -2.54. The summed E-state index contributed by atoms with van der Waals surface area (Å²) in [6.45, 7) is 7.41. The number of rotatable bonds is 9. The summed E-state index contributed by atoms with van der Waals surface area (Å²) in [5.41, 5.74) is -0.232. The highest BCUT2D eigenvalue weighted by atomic mass is 35.5. The maximum atomic E-state index is 14.8. The van der Waals surface area contributed by atoms with Gasteiger partial charge in [0.25, 0.3) is 0 Å². The molecule has 214 valence electrons.